The minimum atomic E-state index is -0.914. The van der Waals surface area contributed by atoms with E-state index in [4.69, 9.17) is 16.4 Å². The second-order valence-electron chi connectivity index (χ2n) is 7.17. The molecule has 150 valence electrons. The van der Waals surface area contributed by atoms with E-state index in [1.807, 2.05) is 54.6 Å². The second-order valence-corrected chi connectivity index (χ2v) is 8.50. The zero-order valence-corrected chi connectivity index (χ0v) is 18.0. The average molecular weight is 484 g/mol. The van der Waals surface area contributed by atoms with Crippen molar-refractivity contribution in [3.63, 3.8) is 0 Å². The van der Waals surface area contributed by atoms with Crippen LogP contribution in [0.1, 0.15) is 11.6 Å². The molecule has 2 amide bonds. The van der Waals surface area contributed by atoms with Crippen LogP contribution >= 0.6 is 27.5 Å². The number of carbonyl (C=O) groups is 2. The first-order valence-electron chi connectivity index (χ1n) is 9.45. The second kappa shape index (κ2) is 7.54. The van der Waals surface area contributed by atoms with Crippen LogP contribution in [0, 0.1) is 5.92 Å². The van der Waals surface area contributed by atoms with Crippen LogP contribution < -0.4 is 9.96 Å². The molecule has 0 saturated carbocycles. The summed E-state index contributed by atoms with van der Waals surface area (Å²) in [6, 6.07) is 23.6. The Balaban J connectivity index is 1.60. The van der Waals surface area contributed by atoms with E-state index in [0.29, 0.717) is 10.7 Å². The number of hydroxylamine groups is 1. The van der Waals surface area contributed by atoms with E-state index in [-0.39, 0.29) is 5.91 Å². The molecule has 2 aliphatic rings. The Kier molecular flexibility index (Phi) is 4.85. The molecule has 3 aromatic carbocycles. The van der Waals surface area contributed by atoms with E-state index in [2.05, 4.69) is 15.9 Å². The summed E-state index contributed by atoms with van der Waals surface area (Å²) in [5, 5.41) is 2.03. The number of anilines is 2. The summed E-state index contributed by atoms with van der Waals surface area (Å²) >= 11 is 9.74. The van der Waals surface area contributed by atoms with Crippen molar-refractivity contribution in [1.82, 2.24) is 0 Å². The molecule has 0 unspecified atom stereocenters. The van der Waals surface area contributed by atoms with Gasteiger partial charge in [-0.3, -0.25) is 14.4 Å². The number of para-hydroxylation sites is 2. The number of rotatable bonds is 3. The molecule has 0 radical (unpaired) electrons. The fourth-order valence-electron chi connectivity index (χ4n) is 4.08. The maximum atomic E-state index is 13.5. The van der Waals surface area contributed by atoms with E-state index in [0.717, 1.165) is 20.6 Å². The van der Waals surface area contributed by atoms with Crippen LogP contribution in [0.25, 0.3) is 0 Å². The molecule has 0 aromatic heterocycles. The van der Waals surface area contributed by atoms with Gasteiger partial charge in [-0.25, -0.2) is 9.96 Å². The Morgan fingerprint density at radius 2 is 1.50 bits per heavy atom. The van der Waals surface area contributed by atoms with Crippen LogP contribution in [0.15, 0.2) is 83.3 Å². The number of carbonyl (C=O) groups excluding carboxylic acids is 2. The highest BCUT2D eigenvalue weighted by atomic mass is 79.9. The third-order valence-corrected chi connectivity index (χ3v) is 6.28. The van der Waals surface area contributed by atoms with Gasteiger partial charge in [-0.15, -0.1) is 0 Å². The summed E-state index contributed by atoms with van der Waals surface area (Å²) in [7, 11) is 0. The number of amides is 2. The number of benzene rings is 3. The van der Waals surface area contributed by atoms with Crippen LogP contribution in [0.3, 0.4) is 0 Å². The maximum absolute atomic E-state index is 13.5. The van der Waals surface area contributed by atoms with E-state index < -0.39 is 24.0 Å². The highest BCUT2D eigenvalue weighted by Crippen LogP contribution is 2.48. The topological polar surface area (TPSA) is 49.9 Å². The lowest BCUT2D eigenvalue weighted by Crippen LogP contribution is -2.37. The van der Waals surface area contributed by atoms with Crippen molar-refractivity contribution in [2.45, 2.75) is 12.1 Å². The lowest BCUT2D eigenvalue weighted by atomic mass is 9.90. The van der Waals surface area contributed by atoms with Gasteiger partial charge in [0.1, 0.15) is 5.92 Å². The predicted octanol–water partition coefficient (Wildman–Crippen LogP) is 5.15. The quantitative estimate of drug-likeness (QED) is 0.483. The Hall–Kier alpha value is -2.67. The number of fused-ring (bicyclic) bond motifs is 1. The molecule has 5 nitrogen and oxygen atoms in total. The van der Waals surface area contributed by atoms with Gasteiger partial charge in [0.25, 0.3) is 5.91 Å². The Labute approximate surface area is 186 Å². The minimum absolute atomic E-state index is 0.315. The number of hydrogen-bond donors (Lipinski definition) is 0. The highest BCUT2D eigenvalue weighted by Gasteiger charge is 2.60. The van der Waals surface area contributed by atoms with Gasteiger partial charge in [0.15, 0.2) is 6.10 Å². The molecule has 0 bridgehead atoms. The summed E-state index contributed by atoms with van der Waals surface area (Å²) in [6.07, 6.45) is -0.914. The van der Waals surface area contributed by atoms with Gasteiger partial charge in [0, 0.05) is 4.47 Å². The van der Waals surface area contributed by atoms with Crippen LogP contribution in [0.5, 0.6) is 0 Å². The van der Waals surface area contributed by atoms with Crippen LogP contribution in [0.4, 0.5) is 11.4 Å². The van der Waals surface area contributed by atoms with Gasteiger partial charge in [-0.05, 0) is 42.0 Å². The lowest BCUT2D eigenvalue weighted by Gasteiger charge is -2.29. The van der Waals surface area contributed by atoms with E-state index >= 15 is 0 Å². The Morgan fingerprint density at radius 3 is 2.20 bits per heavy atom. The van der Waals surface area contributed by atoms with E-state index in [1.165, 1.54) is 0 Å². The van der Waals surface area contributed by atoms with Crippen LogP contribution in [-0.4, -0.2) is 17.9 Å². The molecule has 2 heterocycles. The van der Waals surface area contributed by atoms with Crippen molar-refractivity contribution < 1.29 is 14.4 Å². The van der Waals surface area contributed by atoms with E-state index in [9.17, 15) is 9.59 Å². The number of nitrogens with zero attached hydrogens (tertiary/aromatic N) is 2. The SMILES string of the molecule is O=C1[C@@H]2[C@@H](ON(c3ccccc3)[C@H]2c2ccc(Br)cc2)C(=O)N1c1ccccc1Cl. The zero-order chi connectivity index (χ0) is 20.8. The lowest BCUT2D eigenvalue weighted by molar-refractivity contribution is -0.126. The molecule has 2 fully saturated rings. The molecule has 3 atom stereocenters. The van der Waals surface area contributed by atoms with Crippen LogP contribution in [0.2, 0.25) is 5.02 Å². The third kappa shape index (κ3) is 3.03. The van der Waals surface area contributed by atoms with Gasteiger partial charge >= 0.3 is 0 Å². The fourth-order valence-corrected chi connectivity index (χ4v) is 4.57. The Bertz CT molecular complexity index is 1120. The van der Waals surface area contributed by atoms with Crippen molar-refractivity contribution >= 4 is 50.7 Å². The maximum Gasteiger partial charge on any atom is 0.266 e. The molecule has 0 N–H and O–H groups in total. The first kappa shape index (κ1) is 19.3. The van der Waals surface area contributed by atoms with Crippen molar-refractivity contribution in [3.05, 3.63) is 93.9 Å². The fraction of sp³-hybridized carbons (Fsp3) is 0.130. The monoisotopic (exact) mass is 482 g/mol. The molecule has 7 heteroatoms. The molecule has 2 aliphatic heterocycles. The van der Waals surface area contributed by atoms with Crippen molar-refractivity contribution in [3.8, 4) is 0 Å². The first-order valence-corrected chi connectivity index (χ1v) is 10.6. The normalized spacial score (nSPS) is 23.2. The first-order chi connectivity index (χ1) is 14.6. The minimum Gasteiger partial charge on any atom is -0.273 e. The molecule has 0 aliphatic carbocycles. The molecule has 0 spiro atoms. The van der Waals surface area contributed by atoms with Crippen molar-refractivity contribution in [2.24, 2.45) is 5.92 Å². The summed E-state index contributed by atoms with van der Waals surface area (Å²) in [5.41, 5.74) is 2.05. The summed E-state index contributed by atoms with van der Waals surface area (Å²) < 4.78 is 0.930. The van der Waals surface area contributed by atoms with E-state index in [1.54, 1.807) is 29.3 Å². The summed E-state index contributed by atoms with van der Waals surface area (Å²) in [5.74, 6) is -1.40. The molecule has 5 rings (SSSR count). The molecule has 30 heavy (non-hydrogen) atoms. The smallest absolute Gasteiger partial charge is 0.266 e. The van der Waals surface area contributed by atoms with Gasteiger partial charge in [-0.2, -0.15) is 0 Å². The van der Waals surface area contributed by atoms with Crippen molar-refractivity contribution in [1.29, 1.82) is 0 Å². The summed E-state index contributed by atoms with van der Waals surface area (Å²) in [4.78, 5) is 34.0. The number of imide groups is 1. The summed E-state index contributed by atoms with van der Waals surface area (Å²) in [6.45, 7) is 0. The van der Waals surface area contributed by atoms with Gasteiger partial charge in [-0.1, -0.05) is 70.0 Å². The molecule has 3 aromatic rings. The zero-order valence-electron chi connectivity index (χ0n) is 15.6. The number of halogens is 2. The van der Waals surface area contributed by atoms with Gasteiger partial charge < -0.3 is 0 Å². The third-order valence-electron chi connectivity index (χ3n) is 5.43. The van der Waals surface area contributed by atoms with Crippen LogP contribution in [-0.2, 0) is 14.4 Å². The standard InChI is InChI=1S/C23H16BrClN2O3/c24-15-12-10-14(11-13-15)20-19-21(30-27(20)16-6-2-1-3-7-16)23(29)26(22(19)28)18-9-5-4-8-17(18)25/h1-13,19-21H/t19-,20-,21+/m0/s1. The highest BCUT2D eigenvalue weighted by molar-refractivity contribution is 9.10. The largest absolute Gasteiger partial charge is 0.273 e. The van der Waals surface area contributed by atoms with Gasteiger partial charge in [0.05, 0.1) is 22.4 Å². The molecular weight excluding hydrogens is 468 g/mol. The van der Waals surface area contributed by atoms with Crippen molar-refractivity contribution in [2.75, 3.05) is 9.96 Å². The average Bonchev–Trinajstić information content (AvgIpc) is 3.26. The number of hydrogen-bond acceptors (Lipinski definition) is 4. The molecular formula is C23H16BrClN2O3. The Morgan fingerprint density at radius 1 is 0.833 bits per heavy atom. The molecule has 2 saturated heterocycles. The predicted molar refractivity (Wildman–Crippen MR) is 118 cm³/mol. The van der Waals surface area contributed by atoms with Gasteiger partial charge in [0.2, 0.25) is 5.91 Å².